The fourth-order valence-electron chi connectivity index (χ4n) is 2.06. The molecule has 2 rings (SSSR count). The monoisotopic (exact) mass is 249 g/mol. The first-order valence-corrected chi connectivity index (χ1v) is 5.77. The van der Waals surface area contributed by atoms with Crippen LogP contribution in [0.1, 0.15) is 17.5 Å². The molecule has 5 heteroatoms. The van der Waals surface area contributed by atoms with Crippen LogP contribution in [0, 0.1) is 13.8 Å². The second kappa shape index (κ2) is 4.68. The van der Waals surface area contributed by atoms with Crippen LogP contribution in [-0.4, -0.2) is 29.8 Å². The molecule has 0 aromatic heterocycles. The van der Waals surface area contributed by atoms with Gasteiger partial charge >= 0.3 is 12.1 Å². The molecular weight excluding hydrogens is 234 g/mol. The highest BCUT2D eigenvalue weighted by Crippen LogP contribution is 2.27. The number of nitrogens with zero attached hydrogens (tertiary/aromatic N) is 1. The van der Waals surface area contributed by atoms with E-state index < -0.39 is 18.1 Å². The van der Waals surface area contributed by atoms with Crippen molar-refractivity contribution < 1.29 is 19.4 Å². The van der Waals surface area contributed by atoms with Gasteiger partial charge < -0.3 is 9.84 Å². The summed E-state index contributed by atoms with van der Waals surface area (Å²) in [5.41, 5.74) is 2.43. The highest BCUT2D eigenvalue weighted by molar-refractivity contribution is 5.96. The average molecular weight is 249 g/mol. The van der Waals surface area contributed by atoms with Gasteiger partial charge in [0.1, 0.15) is 6.04 Å². The van der Waals surface area contributed by atoms with Gasteiger partial charge in [0.25, 0.3) is 0 Å². The van der Waals surface area contributed by atoms with Crippen molar-refractivity contribution >= 4 is 17.7 Å². The molecule has 0 radical (unpaired) electrons. The summed E-state index contributed by atoms with van der Waals surface area (Å²) in [6.45, 7) is 3.89. The van der Waals surface area contributed by atoms with Crippen molar-refractivity contribution in [2.24, 2.45) is 0 Å². The fraction of sp³-hybridized carbons (Fsp3) is 0.385. The van der Waals surface area contributed by atoms with Crippen molar-refractivity contribution in [2.45, 2.75) is 26.3 Å². The predicted octanol–water partition coefficient (Wildman–Crippen LogP) is 2.10. The molecule has 1 atom stereocenters. The van der Waals surface area contributed by atoms with Crippen molar-refractivity contribution in [3.8, 4) is 0 Å². The number of ether oxygens (including phenoxy) is 1. The van der Waals surface area contributed by atoms with Crippen LogP contribution < -0.4 is 4.90 Å². The maximum Gasteiger partial charge on any atom is 0.415 e. The van der Waals surface area contributed by atoms with Gasteiger partial charge in [-0.15, -0.1) is 0 Å². The van der Waals surface area contributed by atoms with Crippen LogP contribution >= 0.6 is 0 Å². The minimum Gasteiger partial charge on any atom is -0.480 e. The molecule has 0 spiro atoms. The quantitative estimate of drug-likeness (QED) is 0.871. The Kier molecular flexibility index (Phi) is 3.23. The maximum absolute atomic E-state index is 11.8. The normalized spacial score (nSPS) is 19.6. The minimum absolute atomic E-state index is 0.150. The largest absolute Gasteiger partial charge is 0.480 e. The second-order valence-corrected chi connectivity index (χ2v) is 4.42. The van der Waals surface area contributed by atoms with Crippen LogP contribution in [0.15, 0.2) is 18.2 Å². The lowest BCUT2D eigenvalue weighted by atomic mass is 10.1. The highest BCUT2D eigenvalue weighted by Gasteiger charge is 2.36. The Labute approximate surface area is 105 Å². The first kappa shape index (κ1) is 12.4. The number of carboxylic acid groups (broad SMARTS) is 1. The zero-order chi connectivity index (χ0) is 13.3. The molecule has 1 aliphatic rings. The van der Waals surface area contributed by atoms with E-state index in [-0.39, 0.29) is 6.61 Å². The number of rotatable bonds is 2. The Balaban J connectivity index is 2.46. The number of amides is 1. The maximum atomic E-state index is 11.8. The molecule has 96 valence electrons. The molecule has 0 bridgehead atoms. The number of hydrogen-bond acceptors (Lipinski definition) is 3. The number of aryl methyl sites for hydroxylation is 2. The van der Waals surface area contributed by atoms with Crippen LogP contribution in [0.25, 0.3) is 0 Å². The summed E-state index contributed by atoms with van der Waals surface area (Å²) in [4.78, 5) is 24.3. The van der Waals surface area contributed by atoms with Crippen molar-refractivity contribution in [3.63, 3.8) is 0 Å². The Hall–Kier alpha value is -2.04. The Morgan fingerprint density at radius 2 is 2.17 bits per heavy atom. The molecule has 1 unspecified atom stereocenters. The van der Waals surface area contributed by atoms with Crippen LogP contribution in [0.5, 0.6) is 0 Å². The Morgan fingerprint density at radius 1 is 1.44 bits per heavy atom. The van der Waals surface area contributed by atoms with Gasteiger partial charge in [0.05, 0.1) is 12.3 Å². The van der Waals surface area contributed by atoms with Crippen LogP contribution in [0.3, 0.4) is 0 Å². The molecule has 1 N–H and O–H groups in total. The van der Waals surface area contributed by atoms with Crippen molar-refractivity contribution in [2.75, 3.05) is 11.5 Å². The lowest BCUT2D eigenvalue weighted by Crippen LogP contribution is -2.50. The molecule has 5 nitrogen and oxygen atoms in total. The third-order valence-electron chi connectivity index (χ3n) is 3.03. The van der Waals surface area contributed by atoms with E-state index in [1.807, 2.05) is 26.0 Å². The fourth-order valence-corrected chi connectivity index (χ4v) is 2.06. The third kappa shape index (κ3) is 2.16. The molecule has 1 amide bonds. The van der Waals surface area contributed by atoms with E-state index in [1.165, 1.54) is 4.90 Å². The Morgan fingerprint density at radius 3 is 2.83 bits per heavy atom. The SMILES string of the molecule is Cc1ccc(C)c(N2C(=O)OCCC2C(=O)O)c1. The summed E-state index contributed by atoms with van der Waals surface area (Å²) >= 11 is 0. The van der Waals surface area contributed by atoms with Gasteiger partial charge in [0, 0.05) is 6.42 Å². The van der Waals surface area contributed by atoms with Crippen molar-refractivity contribution in [3.05, 3.63) is 29.3 Å². The van der Waals surface area contributed by atoms with Gasteiger partial charge in [0.15, 0.2) is 0 Å². The summed E-state index contributed by atoms with van der Waals surface area (Å²) in [6, 6.07) is 4.74. The number of aliphatic carboxylic acids is 1. The van der Waals surface area contributed by atoms with E-state index in [0.717, 1.165) is 11.1 Å². The molecule has 0 saturated carbocycles. The topological polar surface area (TPSA) is 66.8 Å². The van der Waals surface area contributed by atoms with Gasteiger partial charge in [-0.1, -0.05) is 12.1 Å². The number of carbonyl (C=O) groups excluding carboxylic acids is 1. The Bertz CT molecular complexity index is 498. The minimum atomic E-state index is -1.01. The second-order valence-electron chi connectivity index (χ2n) is 4.42. The lowest BCUT2D eigenvalue weighted by Gasteiger charge is -2.33. The highest BCUT2D eigenvalue weighted by atomic mass is 16.6. The molecule has 18 heavy (non-hydrogen) atoms. The van der Waals surface area contributed by atoms with E-state index >= 15 is 0 Å². The summed E-state index contributed by atoms with van der Waals surface area (Å²) < 4.78 is 4.94. The summed E-state index contributed by atoms with van der Waals surface area (Å²) in [7, 11) is 0. The molecular formula is C13H15NO4. The zero-order valence-corrected chi connectivity index (χ0v) is 10.3. The molecule has 1 aliphatic heterocycles. The van der Waals surface area contributed by atoms with E-state index in [2.05, 4.69) is 0 Å². The van der Waals surface area contributed by atoms with Gasteiger partial charge in [-0.3, -0.25) is 4.90 Å². The first-order valence-electron chi connectivity index (χ1n) is 5.77. The first-order chi connectivity index (χ1) is 8.50. The molecule has 1 aromatic carbocycles. The summed E-state index contributed by atoms with van der Waals surface area (Å²) in [5.74, 6) is -1.01. The molecule has 1 fully saturated rings. The van der Waals surface area contributed by atoms with Gasteiger partial charge in [-0.05, 0) is 31.0 Å². The molecule has 1 heterocycles. The standard InChI is InChI=1S/C13H15NO4/c1-8-3-4-9(2)11(7-8)14-10(12(15)16)5-6-18-13(14)17/h3-4,7,10H,5-6H2,1-2H3,(H,15,16). The predicted molar refractivity (Wildman–Crippen MR) is 65.8 cm³/mol. The number of benzene rings is 1. The summed E-state index contributed by atoms with van der Waals surface area (Å²) in [6.07, 6.45) is -0.295. The number of anilines is 1. The van der Waals surface area contributed by atoms with Crippen molar-refractivity contribution in [1.29, 1.82) is 0 Å². The van der Waals surface area contributed by atoms with E-state index in [9.17, 15) is 14.7 Å². The van der Waals surface area contributed by atoms with E-state index in [1.54, 1.807) is 6.07 Å². The van der Waals surface area contributed by atoms with E-state index in [0.29, 0.717) is 12.1 Å². The number of carbonyl (C=O) groups is 2. The molecule has 1 saturated heterocycles. The molecule has 1 aromatic rings. The number of cyclic esters (lactones) is 1. The average Bonchev–Trinajstić information content (AvgIpc) is 2.32. The van der Waals surface area contributed by atoms with Crippen LogP contribution in [0.4, 0.5) is 10.5 Å². The van der Waals surface area contributed by atoms with Gasteiger partial charge in [-0.25, -0.2) is 9.59 Å². The number of hydrogen-bond donors (Lipinski definition) is 1. The van der Waals surface area contributed by atoms with Crippen LogP contribution in [-0.2, 0) is 9.53 Å². The van der Waals surface area contributed by atoms with Gasteiger partial charge in [-0.2, -0.15) is 0 Å². The summed E-state index contributed by atoms with van der Waals surface area (Å²) in [5, 5.41) is 9.20. The van der Waals surface area contributed by atoms with Gasteiger partial charge in [0.2, 0.25) is 0 Å². The van der Waals surface area contributed by atoms with E-state index in [4.69, 9.17) is 4.74 Å². The lowest BCUT2D eigenvalue weighted by molar-refractivity contribution is -0.139. The van der Waals surface area contributed by atoms with Crippen molar-refractivity contribution in [1.82, 2.24) is 0 Å². The third-order valence-corrected chi connectivity index (χ3v) is 3.03. The number of carboxylic acids is 1. The van der Waals surface area contributed by atoms with Crippen LogP contribution in [0.2, 0.25) is 0 Å². The smallest absolute Gasteiger partial charge is 0.415 e. The molecule has 0 aliphatic carbocycles. The zero-order valence-electron chi connectivity index (χ0n) is 10.3.